The number of aromatic nitrogens is 3. The molecule has 0 radical (unpaired) electrons. The van der Waals surface area contributed by atoms with Gasteiger partial charge in [0.05, 0.1) is 22.4 Å². The van der Waals surface area contributed by atoms with Crippen molar-refractivity contribution in [2.75, 3.05) is 0 Å². The van der Waals surface area contributed by atoms with Gasteiger partial charge < -0.3 is 0 Å². The molecule has 9 rings (SSSR count). The van der Waals surface area contributed by atoms with Crippen LogP contribution in [-0.2, 0) is 5.41 Å². The predicted molar refractivity (Wildman–Crippen MR) is 172 cm³/mol. The fourth-order valence-corrected chi connectivity index (χ4v) is 7.96. The van der Waals surface area contributed by atoms with E-state index in [2.05, 4.69) is 134 Å². The first kappa shape index (κ1) is 23.0. The van der Waals surface area contributed by atoms with E-state index in [1.165, 1.54) is 42.1 Å². The maximum atomic E-state index is 5.43. The Kier molecular flexibility index (Phi) is 4.55. The molecule has 1 aliphatic carbocycles. The van der Waals surface area contributed by atoms with Crippen LogP contribution in [0.25, 0.3) is 70.3 Å². The number of para-hydroxylation sites is 1. The second-order valence-corrected chi connectivity index (χ2v) is 12.5. The maximum absolute atomic E-state index is 5.43. The molecule has 8 aromatic rings. The molecule has 0 fully saturated rings. The smallest absolute Gasteiger partial charge is 0.235 e. The van der Waals surface area contributed by atoms with Crippen LogP contribution in [0.15, 0.2) is 115 Å². The van der Waals surface area contributed by atoms with Crippen molar-refractivity contribution in [2.45, 2.75) is 19.3 Å². The molecule has 3 nitrogen and oxygen atoms in total. The van der Waals surface area contributed by atoms with E-state index in [0.29, 0.717) is 5.95 Å². The van der Waals surface area contributed by atoms with Gasteiger partial charge in [-0.1, -0.05) is 105 Å². The zero-order chi connectivity index (χ0) is 27.3. The van der Waals surface area contributed by atoms with Crippen LogP contribution in [-0.4, -0.2) is 14.5 Å². The minimum absolute atomic E-state index is 0.247. The van der Waals surface area contributed by atoms with Gasteiger partial charge in [0.25, 0.3) is 0 Å². The van der Waals surface area contributed by atoms with E-state index in [-0.39, 0.29) is 5.41 Å². The molecule has 1 aliphatic rings. The standard InChI is InChI=1S/C37H25N3S/c1-37(2)28-17-9-6-16-25(28)33-34(22-12-4-3-5-13-22)38-36(39-35(33)37)40-29-18-10-7-14-23(29)26-21-32-27(20-30(26)40)24-15-8-11-19-31(24)41-32/h3-21H,1-2H3. The Balaban J connectivity index is 1.43. The quantitative estimate of drug-likeness (QED) is 0.217. The lowest BCUT2D eigenvalue weighted by Gasteiger charge is -2.21. The average molecular weight is 544 g/mol. The van der Waals surface area contributed by atoms with Gasteiger partial charge in [-0.2, -0.15) is 0 Å². The second-order valence-electron chi connectivity index (χ2n) is 11.4. The first-order valence-electron chi connectivity index (χ1n) is 14.0. The highest BCUT2D eigenvalue weighted by Crippen LogP contribution is 2.51. The predicted octanol–water partition coefficient (Wildman–Crippen LogP) is 9.91. The summed E-state index contributed by atoms with van der Waals surface area (Å²) >= 11 is 1.86. The number of hydrogen-bond donors (Lipinski definition) is 0. The van der Waals surface area contributed by atoms with Gasteiger partial charge in [0, 0.05) is 47.5 Å². The van der Waals surface area contributed by atoms with Crippen molar-refractivity contribution in [1.82, 2.24) is 14.5 Å². The SMILES string of the molecule is CC1(C)c2ccccc2-c2c(-c3ccccc3)nc(-n3c4ccccc4c4cc5sc6ccccc6c5cc43)nc21. The van der Waals surface area contributed by atoms with Crippen LogP contribution in [0.1, 0.15) is 25.1 Å². The highest BCUT2D eigenvalue weighted by molar-refractivity contribution is 7.25. The number of nitrogens with zero attached hydrogens (tertiary/aromatic N) is 3. The van der Waals surface area contributed by atoms with E-state index < -0.39 is 0 Å². The molecule has 3 aromatic heterocycles. The summed E-state index contributed by atoms with van der Waals surface area (Å²) in [5, 5.41) is 5.02. The molecular weight excluding hydrogens is 518 g/mol. The Morgan fingerprint density at radius 1 is 0.610 bits per heavy atom. The number of thiophene rings is 1. The van der Waals surface area contributed by atoms with E-state index in [0.717, 1.165) is 33.5 Å². The monoisotopic (exact) mass is 543 g/mol. The molecule has 4 heteroatoms. The minimum Gasteiger partial charge on any atom is -0.278 e. The van der Waals surface area contributed by atoms with Gasteiger partial charge in [0.1, 0.15) is 0 Å². The summed E-state index contributed by atoms with van der Waals surface area (Å²) in [6.45, 7) is 4.58. The Hall–Kier alpha value is -4.80. The molecule has 0 saturated heterocycles. The van der Waals surface area contributed by atoms with E-state index in [4.69, 9.17) is 9.97 Å². The lowest BCUT2D eigenvalue weighted by molar-refractivity contribution is 0.632. The summed E-state index contributed by atoms with van der Waals surface area (Å²) in [4.78, 5) is 10.8. The summed E-state index contributed by atoms with van der Waals surface area (Å²) in [6.07, 6.45) is 0. The zero-order valence-corrected chi connectivity index (χ0v) is 23.5. The zero-order valence-electron chi connectivity index (χ0n) is 22.7. The van der Waals surface area contributed by atoms with Gasteiger partial charge in [-0.05, 0) is 35.4 Å². The van der Waals surface area contributed by atoms with Gasteiger partial charge in [0.15, 0.2) is 0 Å². The molecule has 0 saturated carbocycles. The van der Waals surface area contributed by atoms with Crippen molar-refractivity contribution in [2.24, 2.45) is 0 Å². The van der Waals surface area contributed by atoms with E-state index >= 15 is 0 Å². The van der Waals surface area contributed by atoms with E-state index in [9.17, 15) is 0 Å². The van der Waals surface area contributed by atoms with Crippen LogP contribution < -0.4 is 0 Å². The third-order valence-electron chi connectivity index (χ3n) is 8.78. The number of fused-ring (bicyclic) bond motifs is 9. The fraction of sp³-hybridized carbons (Fsp3) is 0.0811. The Labute approximate surface area is 241 Å². The molecule has 0 aliphatic heterocycles. The second kappa shape index (κ2) is 8.12. The van der Waals surface area contributed by atoms with Crippen molar-refractivity contribution in [3.8, 4) is 28.3 Å². The number of hydrogen-bond acceptors (Lipinski definition) is 3. The Morgan fingerprint density at radius 3 is 2.22 bits per heavy atom. The van der Waals surface area contributed by atoms with E-state index in [1.54, 1.807) is 0 Å². The Morgan fingerprint density at radius 2 is 1.34 bits per heavy atom. The normalized spacial score (nSPS) is 13.8. The van der Waals surface area contributed by atoms with Crippen molar-refractivity contribution >= 4 is 53.3 Å². The third kappa shape index (κ3) is 3.08. The van der Waals surface area contributed by atoms with Gasteiger partial charge in [-0.25, -0.2) is 9.97 Å². The first-order chi connectivity index (χ1) is 20.1. The van der Waals surface area contributed by atoms with E-state index in [1.807, 2.05) is 11.3 Å². The molecule has 194 valence electrons. The van der Waals surface area contributed by atoms with Crippen molar-refractivity contribution < 1.29 is 0 Å². The third-order valence-corrected chi connectivity index (χ3v) is 9.91. The van der Waals surface area contributed by atoms with Crippen LogP contribution in [0.5, 0.6) is 0 Å². The molecular formula is C37H25N3S. The minimum atomic E-state index is -0.247. The highest BCUT2D eigenvalue weighted by Gasteiger charge is 2.39. The fourth-order valence-electron chi connectivity index (χ4n) is 6.84. The number of rotatable bonds is 2. The maximum Gasteiger partial charge on any atom is 0.235 e. The van der Waals surface area contributed by atoms with Crippen LogP contribution in [0.2, 0.25) is 0 Å². The highest BCUT2D eigenvalue weighted by atomic mass is 32.1. The molecule has 41 heavy (non-hydrogen) atoms. The lowest BCUT2D eigenvalue weighted by atomic mass is 9.85. The van der Waals surface area contributed by atoms with Gasteiger partial charge in [-0.15, -0.1) is 11.3 Å². The molecule has 5 aromatic carbocycles. The van der Waals surface area contributed by atoms with Crippen LogP contribution in [0.3, 0.4) is 0 Å². The molecule has 0 bridgehead atoms. The van der Waals surface area contributed by atoms with Crippen molar-refractivity contribution in [3.63, 3.8) is 0 Å². The summed E-state index contributed by atoms with van der Waals surface area (Å²) < 4.78 is 4.89. The lowest BCUT2D eigenvalue weighted by Crippen LogP contribution is -2.18. The molecule has 3 heterocycles. The molecule has 0 atom stereocenters. The van der Waals surface area contributed by atoms with Gasteiger partial charge in [0.2, 0.25) is 5.95 Å². The van der Waals surface area contributed by atoms with Crippen molar-refractivity contribution in [3.05, 3.63) is 127 Å². The van der Waals surface area contributed by atoms with Crippen LogP contribution in [0.4, 0.5) is 0 Å². The van der Waals surface area contributed by atoms with Crippen LogP contribution in [0, 0.1) is 0 Å². The largest absolute Gasteiger partial charge is 0.278 e. The summed E-state index contributed by atoms with van der Waals surface area (Å²) in [5.41, 5.74) is 8.85. The topological polar surface area (TPSA) is 30.7 Å². The summed E-state index contributed by atoms with van der Waals surface area (Å²) in [5.74, 6) is 0.716. The molecule has 0 unspecified atom stereocenters. The van der Waals surface area contributed by atoms with Gasteiger partial charge in [-0.3, -0.25) is 4.57 Å². The Bertz CT molecular complexity index is 2340. The van der Waals surface area contributed by atoms with Crippen LogP contribution >= 0.6 is 11.3 Å². The van der Waals surface area contributed by atoms with Crippen molar-refractivity contribution in [1.29, 1.82) is 0 Å². The van der Waals surface area contributed by atoms with Gasteiger partial charge >= 0.3 is 0 Å². The molecule has 0 spiro atoms. The molecule has 0 amide bonds. The average Bonchev–Trinajstić information content (AvgIpc) is 3.62. The number of benzene rings is 5. The molecule has 0 N–H and O–H groups in total. The summed E-state index contributed by atoms with van der Waals surface area (Å²) in [6, 6.07) is 41.3. The summed E-state index contributed by atoms with van der Waals surface area (Å²) in [7, 11) is 0. The first-order valence-corrected chi connectivity index (χ1v) is 14.8.